The first-order valence-electron chi connectivity index (χ1n) is 8.58. The minimum absolute atomic E-state index is 0.0814. The van der Waals surface area contributed by atoms with Gasteiger partial charge in [-0.2, -0.15) is 0 Å². The Balaban J connectivity index is 1.76. The molecule has 2 aliphatic rings. The predicted molar refractivity (Wildman–Crippen MR) is 83.1 cm³/mol. The zero-order chi connectivity index (χ0) is 15.2. The number of nitrogens with one attached hydrogen (secondary N) is 1. The molecule has 21 heavy (non-hydrogen) atoms. The Morgan fingerprint density at radius 2 is 1.90 bits per heavy atom. The Morgan fingerprint density at radius 3 is 2.57 bits per heavy atom. The van der Waals surface area contributed by atoms with E-state index >= 15 is 0 Å². The standard InChI is InChI=1S/C17H31NO3/c1-12(2)15-5-4-13(3)10-16(15)21-17(19)11-20-14-6-8-18-9-7-14/h12-16,18H,4-11H2,1-3H3. The van der Waals surface area contributed by atoms with Crippen LogP contribution in [0.1, 0.15) is 52.9 Å². The second-order valence-corrected chi connectivity index (χ2v) is 7.11. The highest BCUT2D eigenvalue weighted by Crippen LogP contribution is 2.35. The van der Waals surface area contributed by atoms with Crippen molar-refractivity contribution in [2.45, 2.75) is 65.1 Å². The largest absolute Gasteiger partial charge is 0.460 e. The average molecular weight is 297 g/mol. The summed E-state index contributed by atoms with van der Waals surface area (Å²) >= 11 is 0. The SMILES string of the molecule is CC1CCC(C(C)C)C(OC(=O)COC2CCNCC2)C1. The van der Waals surface area contributed by atoms with Gasteiger partial charge in [0.2, 0.25) is 0 Å². The third-order valence-corrected chi connectivity index (χ3v) is 4.97. The molecule has 0 amide bonds. The Hall–Kier alpha value is -0.610. The fraction of sp³-hybridized carbons (Fsp3) is 0.941. The predicted octanol–water partition coefficient (Wildman–Crippen LogP) is 2.76. The van der Waals surface area contributed by atoms with Gasteiger partial charge in [0.25, 0.3) is 0 Å². The molecule has 0 aromatic rings. The summed E-state index contributed by atoms with van der Waals surface area (Å²) in [4.78, 5) is 12.1. The van der Waals surface area contributed by atoms with Crippen LogP contribution < -0.4 is 5.32 Å². The maximum atomic E-state index is 12.1. The molecule has 1 heterocycles. The Morgan fingerprint density at radius 1 is 1.19 bits per heavy atom. The molecule has 122 valence electrons. The molecule has 4 heteroatoms. The van der Waals surface area contributed by atoms with Crippen molar-refractivity contribution in [1.29, 1.82) is 0 Å². The third kappa shape index (κ3) is 5.26. The summed E-state index contributed by atoms with van der Waals surface area (Å²) in [6, 6.07) is 0. The molecule has 3 atom stereocenters. The first kappa shape index (κ1) is 16.8. The van der Waals surface area contributed by atoms with Crippen LogP contribution in [0.25, 0.3) is 0 Å². The van der Waals surface area contributed by atoms with Crippen molar-refractivity contribution in [2.75, 3.05) is 19.7 Å². The van der Waals surface area contributed by atoms with E-state index in [0.717, 1.165) is 32.4 Å². The number of ether oxygens (including phenoxy) is 2. The van der Waals surface area contributed by atoms with Gasteiger partial charge in [0, 0.05) is 0 Å². The van der Waals surface area contributed by atoms with E-state index in [9.17, 15) is 4.79 Å². The molecule has 1 aliphatic heterocycles. The number of rotatable bonds is 5. The van der Waals surface area contributed by atoms with Crippen molar-refractivity contribution < 1.29 is 14.3 Å². The highest BCUT2D eigenvalue weighted by molar-refractivity contribution is 5.71. The van der Waals surface area contributed by atoms with Crippen LogP contribution in [0.3, 0.4) is 0 Å². The topological polar surface area (TPSA) is 47.6 Å². The number of piperidine rings is 1. The van der Waals surface area contributed by atoms with E-state index in [4.69, 9.17) is 9.47 Å². The molecular weight excluding hydrogens is 266 g/mol. The fourth-order valence-electron chi connectivity index (χ4n) is 3.60. The summed E-state index contributed by atoms with van der Waals surface area (Å²) in [7, 11) is 0. The van der Waals surface area contributed by atoms with E-state index in [1.807, 2.05) is 0 Å². The van der Waals surface area contributed by atoms with Crippen molar-refractivity contribution in [3.8, 4) is 0 Å². The highest BCUT2D eigenvalue weighted by Gasteiger charge is 2.33. The van der Waals surface area contributed by atoms with E-state index in [1.54, 1.807) is 0 Å². The van der Waals surface area contributed by atoms with Crippen LogP contribution in [0.15, 0.2) is 0 Å². The zero-order valence-corrected chi connectivity index (χ0v) is 13.8. The molecule has 0 aromatic heterocycles. The average Bonchev–Trinajstić information content (AvgIpc) is 2.46. The molecule has 2 fully saturated rings. The van der Waals surface area contributed by atoms with Crippen LogP contribution in [-0.4, -0.2) is 37.9 Å². The molecular formula is C17H31NO3. The second kappa shape index (κ2) is 8.14. The minimum atomic E-state index is -0.182. The molecule has 1 saturated carbocycles. The summed E-state index contributed by atoms with van der Waals surface area (Å²) in [6.45, 7) is 8.79. The summed E-state index contributed by atoms with van der Waals surface area (Å²) in [5, 5.41) is 3.29. The van der Waals surface area contributed by atoms with Crippen LogP contribution in [0, 0.1) is 17.8 Å². The molecule has 0 spiro atoms. The van der Waals surface area contributed by atoms with E-state index < -0.39 is 0 Å². The van der Waals surface area contributed by atoms with Gasteiger partial charge in [-0.25, -0.2) is 4.79 Å². The van der Waals surface area contributed by atoms with Crippen molar-refractivity contribution >= 4 is 5.97 Å². The number of carbonyl (C=O) groups excluding carboxylic acids is 1. The van der Waals surface area contributed by atoms with Crippen LogP contribution >= 0.6 is 0 Å². The van der Waals surface area contributed by atoms with E-state index in [2.05, 4.69) is 26.1 Å². The summed E-state index contributed by atoms with van der Waals surface area (Å²) in [5.41, 5.74) is 0. The molecule has 1 N–H and O–H groups in total. The maximum Gasteiger partial charge on any atom is 0.332 e. The number of hydrogen-bond donors (Lipinski definition) is 1. The van der Waals surface area contributed by atoms with Crippen LogP contribution in [0.4, 0.5) is 0 Å². The van der Waals surface area contributed by atoms with Gasteiger partial charge in [-0.05, 0) is 56.5 Å². The molecule has 1 aliphatic carbocycles. The third-order valence-electron chi connectivity index (χ3n) is 4.97. The lowest BCUT2D eigenvalue weighted by molar-refractivity contribution is -0.163. The zero-order valence-electron chi connectivity index (χ0n) is 13.8. The maximum absolute atomic E-state index is 12.1. The van der Waals surface area contributed by atoms with Gasteiger partial charge in [0.05, 0.1) is 6.10 Å². The number of hydrogen-bond acceptors (Lipinski definition) is 4. The van der Waals surface area contributed by atoms with Crippen LogP contribution in [0.2, 0.25) is 0 Å². The first-order valence-corrected chi connectivity index (χ1v) is 8.58. The monoisotopic (exact) mass is 297 g/mol. The lowest BCUT2D eigenvalue weighted by atomic mass is 9.75. The fourth-order valence-corrected chi connectivity index (χ4v) is 3.60. The van der Waals surface area contributed by atoms with E-state index in [-0.39, 0.29) is 24.8 Å². The molecule has 2 rings (SSSR count). The van der Waals surface area contributed by atoms with Gasteiger partial charge >= 0.3 is 5.97 Å². The lowest BCUT2D eigenvalue weighted by Crippen LogP contribution is -2.38. The number of esters is 1. The molecule has 0 bridgehead atoms. The second-order valence-electron chi connectivity index (χ2n) is 7.11. The van der Waals surface area contributed by atoms with Gasteiger partial charge in [0.1, 0.15) is 12.7 Å². The van der Waals surface area contributed by atoms with Gasteiger partial charge in [0.15, 0.2) is 0 Å². The molecule has 1 saturated heterocycles. The molecule has 0 aromatic carbocycles. The smallest absolute Gasteiger partial charge is 0.332 e. The lowest BCUT2D eigenvalue weighted by Gasteiger charge is -2.36. The van der Waals surface area contributed by atoms with Crippen molar-refractivity contribution in [2.24, 2.45) is 17.8 Å². The van der Waals surface area contributed by atoms with Crippen LogP contribution in [0.5, 0.6) is 0 Å². The van der Waals surface area contributed by atoms with Gasteiger partial charge in [-0.1, -0.05) is 27.2 Å². The Labute approximate surface area is 129 Å². The van der Waals surface area contributed by atoms with Crippen molar-refractivity contribution in [3.63, 3.8) is 0 Å². The summed E-state index contributed by atoms with van der Waals surface area (Å²) < 4.78 is 11.4. The Kier molecular flexibility index (Phi) is 6.49. The van der Waals surface area contributed by atoms with Crippen molar-refractivity contribution in [1.82, 2.24) is 5.32 Å². The normalized spacial score (nSPS) is 31.3. The van der Waals surface area contributed by atoms with Gasteiger partial charge < -0.3 is 14.8 Å². The van der Waals surface area contributed by atoms with Crippen LogP contribution in [-0.2, 0) is 14.3 Å². The highest BCUT2D eigenvalue weighted by atomic mass is 16.6. The van der Waals surface area contributed by atoms with E-state index in [1.165, 1.54) is 12.8 Å². The van der Waals surface area contributed by atoms with Gasteiger partial charge in [-0.15, -0.1) is 0 Å². The molecule has 0 radical (unpaired) electrons. The molecule has 3 unspecified atom stereocenters. The summed E-state index contributed by atoms with van der Waals surface area (Å²) in [6.07, 6.45) is 5.70. The summed E-state index contributed by atoms with van der Waals surface area (Å²) in [5.74, 6) is 1.55. The van der Waals surface area contributed by atoms with Gasteiger partial charge in [-0.3, -0.25) is 0 Å². The molecule has 4 nitrogen and oxygen atoms in total. The number of carbonyl (C=O) groups is 1. The first-order chi connectivity index (χ1) is 10.1. The van der Waals surface area contributed by atoms with Crippen molar-refractivity contribution in [3.05, 3.63) is 0 Å². The van der Waals surface area contributed by atoms with E-state index in [0.29, 0.717) is 17.8 Å². The Bertz CT molecular complexity index is 326. The minimum Gasteiger partial charge on any atom is -0.460 e. The quantitative estimate of drug-likeness (QED) is 0.793.